The number of aromatic nitrogens is 3. The van der Waals surface area contributed by atoms with E-state index in [1.807, 2.05) is 36.7 Å². The monoisotopic (exact) mass is 396 g/mol. The van der Waals surface area contributed by atoms with E-state index in [-0.39, 0.29) is 16.9 Å². The molecule has 0 unspecified atom stereocenters. The topological polar surface area (TPSA) is 81.2 Å². The number of hydrogen-bond donors (Lipinski definition) is 0. The van der Waals surface area contributed by atoms with Crippen molar-refractivity contribution >= 4 is 29.1 Å². The fourth-order valence-electron chi connectivity index (χ4n) is 3.37. The van der Waals surface area contributed by atoms with Crippen molar-refractivity contribution in [2.45, 2.75) is 30.7 Å². The van der Waals surface area contributed by atoms with Gasteiger partial charge in [-0.25, -0.2) is 0 Å². The van der Waals surface area contributed by atoms with Crippen molar-refractivity contribution in [2.24, 2.45) is 7.05 Å². The number of Topliss-reactive ketones (excluding diaryl/α,β-unsaturated/α-hetero) is 1. The second-order valence-corrected chi connectivity index (χ2v) is 8.04. The number of thioether (sulfide) groups is 1. The maximum atomic E-state index is 12.9. The molecule has 3 aromatic rings. The first kappa shape index (κ1) is 18.5. The summed E-state index contributed by atoms with van der Waals surface area (Å²) in [6, 6.07) is 9.19. The molecule has 7 nitrogen and oxygen atoms in total. The molecule has 0 bridgehead atoms. The molecular weight excluding hydrogens is 376 g/mol. The van der Waals surface area contributed by atoms with Gasteiger partial charge in [-0.2, -0.15) is 0 Å². The van der Waals surface area contributed by atoms with E-state index in [1.54, 1.807) is 30.2 Å². The van der Waals surface area contributed by atoms with E-state index in [9.17, 15) is 9.59 Å². The van der Waals surface area contributed by atoms with Gasteiger partial charge in [0.15, 0.2) is 22.5 Å². The first-order chi connectivity index (χ1) is 13.5. The maximum absolute atomic E-state index is 12.9. The van der Waals surface area contributed by atoms with Crippen LogP contribution in [-0.2, 0) is 18.3 Å². The van der Waals surface area contributed by atoms with Crippen LogP contribution >= 0.6 is 11.8 Å². The van der Waals surface area contributed by atoms with Gasteiger partial charge in [0.05, 0.1) is 11.5 Å². The van der Waals surface area contributed by atoms with Gasteiger partial charge in [-0.05, 0) is 49.2 Å². The summed E-state index contributed by atoms with van der Waals surface area (Å²) >= 11 is 1.36. The number of amides is 1. The lowest BCUT2D eigenvalue weighted by Crippen LogP contribution is -2.25. The molecule has 2 aromatic heterocycles. The van der Waals surface area contributed by atoms with Gasteiger partial charge >= 0.3 is 0 Å². The zero-order valence-corrected chi connectivity index (χ0v) is 16.7. The molecule has 3 heterocycles. The average Bonchev–Trinajstić information content (AvgIpc) is 3.41. The number of furan rings is 1. The third-order valence-corrected chi connectivity index (χ3v) is 6.00. The minimum atomic E-state index is -0.323. The Morgan fingerprint density at radius 1 is 1.25 bits per heavy atom. The number of ketones is 1. The van der Waals surface area contributed by atoms with Gasteiger partial charge in [0, 0.05) is 31.8 Å². The largest absolute Gasteiger partial charge is 0.461 e. The van der Waals surface area contributed by atoms with Crippen molar-refractivity contribution in [3.63, 3.8) is 0 Å². The Morgan fingerprint density at radius 3 is 2.79 bits per heavy atom. The average molecular weight is 396 g/mol. The van der Waals surface area contributed by atoms with E-state index in [0.29, 0.717) is 28.8 Å². The van der Waals surface area contributed by atoms with Crippen molar-refractivity contribution in [1.82, 2.24) is 14.8 Å². The molecule has 0 saturated carbocycles. The van der Waals surface area contributed by atoms with Crippen LogP contribution < -0.4 is 4.90 Å². The van der Waals surface area contributed by atoms with Crippen LogP contribution in [0, 0.1) is 0 Å². The van der Waals surface area contributed by atoms with Crippen molar-refractivity contribution < 1.29 is 14.0 Å². The van der Waals surface area contributed by atoms with E-state index in [2.05, 4.69) is 10.2 Å². The highest BCUT2D eigenvalue weighted by molar-refractivity contribution is 8.00. The number of hydrogen-bond acceptors (Lipinski definition) is 6. The molecule has 28 heavy (non-hydrogen) atoms. The van der Waals surface area contributed by atoms with Gasteiger partial charge in [0.2, 0.25) is 5.91 Å². The number of anilines is 1. The summed E-state index contributed by atoms with van der Waals surface area (Å²) in [6.45, 7) is 4.09. The summed E-state index contributed by atoms with van der Waals surface area (Å²) in [5.74, 6) is 1.30. The lowest BCUT2D eigenvalue weighted by atomic mass is 10.0. The third kappa shape index (κ3) is 3.24. The number of fused-ring (bicyclic) bond motifs is 1. The van der Waals surface area contributed by atoms with Gasteiger partial charge in [0.25, 0.3) is 0 Å². The van der Waals surface area contributed by atoms with Crippen LogP contribution in [0.5, 0.6) is 0 Å². The lowest BCUT2D eigenvalue weighted by Gasteiger charge is -2.15. The van der Waals surface area contributed by atoms with Crippen LogP contribution in [-0.4, -0.2) is 38.2 Å². The minimum Gasteiger partial charge on any atom is -0.461 e. The Labute approximate surface area is 166 Å². The van der Waals surface area contributed by atoms with Gasteiger partial charge in [-0.3, -0.25) is 9.59 Å². The van der Waals surface area contributed by atoms with Gasteiger partial charge in [-0.15, -0.1) is 10.2 Å². The third-order valence-electron chi connectivity index (χ3n) is 4.87. The highest BCUT2D eigenvalue weighted by atomic mass is 32.2. The summed E-state index contributed by atoms with van der Waals surface area (Å²) in [6.07, 6.45) is 2.36. The Bertz CT molecular complexity index is 1040. The smallest absolute Gasteiger partial charge is 0.223 e. The normalized spacial score (nSPS) is 14.2. The molecule has 1 amide bonds. The van der Waals surface area contributed by atoms with Crippen molar-refractivity contribution in [3.05, 3.63) is 47.7 Å². The number of rotatable bonds is 5. The molecule has 0 fully saturated rings. The highest BCUT2D eigenvalue weighted by Gasteiger charge is 2.25. The molecular formula is C20H20N4O3S. The first-order valence-electron chi connectivity index (χ1n) is 9.01. The summed E-state index contributed by atoms with van der Waals surface area (Å²) in [7, 11) is 1.85. The molecule has 1 aliphatic rings. The van der Waals surface area contributed by atoms with Gasteiger partial charge in [-0.1, -0.05) is 11.8 Å². The van der Waals surface area contributed by atoms with Crippen LogP contribution in [0.3, 0.4) is 0 Å². The number of carbonyl (C=O) groups excluding carboxylic acids is 2. The van der Waals surface area contributed by atoms with Crippen molar-refractivity contribution in [3.8, 4) is 11.6 Å². The molecule has 8 heteroatoms. The molecule has 1 aromatic carbocycles. The van der Waals surface area contributed by atoms with Crippen LogP contribution in [0.25, 0.3) is 11.6 Å². The molecule has 0 radical (unpaired) electrons. The Hall–Kier alpha value is -2.87. The summed E-state index contributed by atoms with van der Waals surface area (Å²) in [5, 5.41) is 8.69. The zero-order valence-electron chi connectivity index (χ0n) is 15.9. The predicted octanol–water partition coefficient (Wildman–Crippen LogP) is 3.35. The van der Waals surface area contributed by atoms with Gasteiger partial charge < -0.3 is 13.9 Å². The molecule has 0 saturated heterocycles. The molecule has 0 N–H and O–H groups in total. The van der Waals surface area contributed by atoms with E-state index in [1.165, 1.54) is 11.8 Å². The number of benzene rings is 1. The SMILES string of the molecule is CC(=O)N1CCc2cc(C(=O)[C@@H](C)Sc3nnc(-c4ccco4)n3C)ccc21. The maximum Gasteiger partial charge on any atom is 0.223 e. The molecule has 1 aliphatic heterocycles. The molecule has 1 atom stereocenters. The Kier molecular flexibility index (Phi) is 4.80. The van der Waals surface area contributed by atoms with E-state index in [4.69, 9.17) is 4.42 Å². The second-order valence-electron chi connectivity index (χ2n) is 6.73. The predicted molar refractivity (Wildman–Crippen MR) is 107 cm³/mol. The number of carbonyl (C=O) groups is 2. The lowest BCUT2D eigenvalue weighted by molar-refractivity contribution is -0.116. The Balaban J connectivity index is 1.51. The Morgan fingerprint density at radius 2 is 2.07 bits per heavy atom. The van der Waals surface area contributed by atoms with Gasteiger partial charge in [0.1, 0.15) is 0 Å². The van der Waals surface area contributed by atoms with Crippen LogP contribution in [0.1, 0.15) is 29.8 Å². The quantitative estimate of drug-likeness (QED) is 0.486. The fraction of sp³-hybridized carbons (Fsp3) is 0.300. The van der Waals surface area contributed by atoms with Crippen LogP contribution in [0.2, 0.25) is 0 Å². The fourth-order valence-corrected chi connectivity index (χ4v) is 4.26. The molecule has 4 rings (SSSR count). The molecule has 0 spiro atoms. The second kappa shape index (κ2) is 7.27. The van der Waals surface area contributed by atoms with Crippen LogP contribution in [0.15, 0.2) is 46.2 Å². The van der Waals surface area contributed by atoms with E-state index in [0.717, 1.165) is 17.7 Å². The molecule has 144 valence electrons. The zero-order chi connectivity index (χ0) is 19.8. The summed E-state index contributed by atoms with van der Waals surface area (Å²) < 4.78 is 7.20. The summed E-state index contributed by atoms with van der Waals surface area (Å²) in [4.78, 5) is 26.4. The van der Waals surface area contributed by atoms with Crippen molar-refractivity contribution in [1.29, 1.82) is 0 Å². The van der Waals surface area contributed by atoms with E-state index >= 15 is 0 Å². The standard InChI is InChI=1S/C20H20N4O3S/c1-12(28-20-22-21-19(23(20)3)17-5-4-10-27-17)18(26)15-6-7-16-14(11-15)8-9-24(16)13(2)25/h4-7,10-12H,8-9H2,1-3H3/t12-/m1/s1. The molecule has 0 aliphatic carbocycles. The first-order valence-corrected chi connectivity index (χ1v) is 9.89. The minimum absolute atomic E-state index is 0.0244. The van der Waals surface area contributed by atoms with Crippen molar-refractivity contribution in [2.75, 3.05) is 11.4 Å². The number of nitrogens with zero attached hydrogens (tertiary/aromatic N) is 4. The summed E-state index contributed by atoms with van der Waals surface area (Å²) in [5.41, 5.74) is 2.59. The highest BCUT2D eigenvalue weighted by Crippen LogP contribution is 2.31. The van der Waals surface area contributed by atoms with Crippen LogP contribution in [0.4, 0.5) is 5.69 Å². The van der Waals surface area contributed by atoms with E-state index < -0.39 is 0 Å².